The first-order chi connectivity index (χ1) is 12.9. The van der Waals surface area contributed by atoms with Crippen LogP contribution in [-0.2, 0) is 18.1 Å². The van der Waals surface area contributed by atoms with Crippen LogP contribution in [0, 0.1) is 0 Å². The normalized spacial score (nSPS) is 18.0. The number of aromatic amines is 1. The molecule has 1 fully saturated rings. The van der Waals surface area contributed by atoms with Crippen molar-refractivity contribution in [2.75, 3.05) is 18.6 Å². The number of nitrogens with zero attached hydrogens (tertiary/aromatic N) is 4. The average Bonchev–Trinajstić information content (AvgIpc) is 3.24. The van der Waals surface area contributed by atoms with Gasteiger partial charge >= 0.3 is 6.18 Å². The van der Waals surface area contributed by atoms with Gasteiger partial charge < -0.3 is 14.6 Å². The fraction of sp³-hybridized carbons (Fsp3) is 0.389. The van der Waals surface area contributed by atoms with Crippen LogP contribution in [0.3, 0.4) is 0 Å². The van der Waals surface area contributed by atoms with Crippen molar-refractivity contribution in [2.45, 2.75) is 31.0 Å². The van der Waals surface area contributed by atoms with E-state index in [4.69, 9.17) is 4.74 Å². The van der Waals surface area contributed by atoms with Crippen molar-refractivity contribution >= 4 is 17.0 Å². The number of imidazole rings is 1. The van der Waals surface area contributed by atoms with Gasteiger partial charge in [-0.25, -0.2) is 15.0 Å². The van der Waals surface area contributed by atoms with Crippen molar-refractivity contribution in [1.82, 2.24) is 19.9 Å². The van der Waals surface area contributed by atoms with E-state index in [0.29, 0.717) is 18.6 Å². The first-order valence-corrected chi connectivity index (χ1v) is 8.60. The maximum atomic E-state index is 13.3. The number of anilines is 1. The molecule has 1 aromatic carbocycles. The molecule has 5 rings (SSSR count). The van der Waals surface area contributed by atoms with Gasteiger partial charge in [0.05, 0.1) is 13.4 Å². The molecule has 0 unspecified atom stereocenters. The number of ether oxygens (including phenoxy) is 1. The third kappa shape index (κ3) is 2.52. The Balaban J connectivity index is 1.63. The predicted octanol–water partition coefficient (Wildman–Crippen LogP) is 3.43. The third-order valence-electron chi connectivity index (χ3n) is 5.42. The van der Waals surface area contributed by atoms with E-state index < -0.39 is 12.0 Å². The fourth-order valence-electron chi connectivity index (χ4n) is 3.93. The fourth-order valence-corrected chi connectivity index (χ4v) is 3.93. The van der Waals surface area contributed by atoms with Crippen molar-refractivity contribution in [2.24, 2.45) is 0 Å². The molecule has 0 saturated heterocycles. The Bertz CT molecular complexity index is 1040. The van der Waals surface area contributed by atoms with Crippen LogP contribution in [0.15, 0.2) is 24.5 Å². The molecule has 2 aliphatic rings. The van der Waals surface area contributed by atoms with Gasteiger partial charge in [-0.05, 0) is 36.1 Å². The molecule has 0 amide bonds. The van der Waals surface area contributed by atoms with Crippen molar-refractivity contribution in [3.8, 4) is 5.75 Å². The van der Waals surface area contributed by atoms with Crippen molar-refractivity contribution in [3.05, 3.63) is 41.5 Å². The third-order valence-corrected chi connectivity index (χ3v) is 5.42. The van der Waals surface area contributed by atoms with Crippen LogP contribution in [0.2, 0.25) is 0 Å². The molecule has 0 radical (unpaired) electrons. The molecule has 140 valence electrons. The van der Waals surface area contributed by atoms with Crippen molar-refractivity contribution < 1.29 is 17.9 Å². The van der Waals surface area contributed by atoms with E-state index >= 15 is 0 Å². The van der Waals surface area contributed by atoms with Gasteiger partial charge in [-0.2, -0.15) is 13.2 Å². The molecule has 1 saturated carbocycles. The Morgan fingerprint density at radius 3 is 2.74 bits per heavy atom. The van der Waals surface area contributed by atoms with E-state index in [-0.39, 0.29) is 16.9 Å². The maximum absolute atomic E-state index is 13.3. The van der Waals surface area contributed by atoms with Gasteiger partial charge in [-0.3, -0.25) is 0 Å². The van der Waals surface area contributed by atoms with Gasteiger partial charge in [0.1, 0.15) is 11.3 Å². The summed E-state index contributed by atoms with van der Waals surface area (Å²) in [5.41, 5.74) is 2.70. The molecule has 1 spiro atoms. The van der Waals surface area contributed by atoms with Crippen LogP contribution < -0.4 is 9.64 Å². The monoisotopic (exact) mass is 375 g/mol. The van der Waals surface area contributed by atoms with Gasteiger partial charge in [0.15, 0.2) is 11.5 Å². The lowest BCUT2D eigenvalue weighted by molar-refractivity contribution is -0.144. The topological polar surface area (TPSA) is 66.9 Å². The van der Waals surface area contributed by atoms with Crippen LogP contribution in [0.4, 0.5) is 19.0 Å². The highest BCUT2D eigenvalue weighted by atomic mass is 19.4. The summed E-state index contributed by atoms with van der Waals surface area (Å²) < 4.78 is 45.1. The van der Waals surface area contributed by atoms with E-state index in [1.165, 1.54) is 11.9 Å². The molecule has 3 aromatic rings. The van der Waals surface area contributed by atoms with E-state index in [1.54, 1.807) is 7.11 Å². The molecular weight excluding hydrogens is 359 g/mol. The number of methoxy groups -OCH3 is 1. The van der Waals surface area contributed by atoms with Crippen LogP contribution in [0.5, 0.6) is 5.75 Å². The first kappa shape index (κ1) is 16.3. The highest BCUT2D eigenvalue weighted by molar-refractivity contribution is 5.83. The minimum Gasteiger partial charge on any atom is -0.497 e. The van der Waals surface area contributed by atoms with E-state index in [1.807, 2.05) is 23.1 Å². The lowest BCUT2D eigenvalue weighted by atomic mass is 9.86. The molecule has 1 aliphatic carbocycles. The SMILES string of the molecule is COc1ccc2c(c1)C1(CC1)CN(c1nc(C(F)(F)F)nc3nc[nH]c13)C2. The van der Waals surface area contributed by atoms with Crippen LogP contribution in [-0.4, -0.2) is 33.6 Å². The largest absolute Gasteiger partial charge is 0.497 e. The van der Waals surface area contributed by atoms with Gasteiger partial charge in [0.25, 0.3) is 0 Å². The Kier molecular flexibility index (Phi) is 3.23. The molecule has 1 N–H and O–H groups in total. The first-order valence-electron chi connectivity index (χ1n) is 8.60. The molecule has 1 aliphatic heterocycles. The molecule has 27 heavy (non-hydrogen) atoms. The molecule has 3 heterocycles. The number of fused-ring (bicyclic) bond motifs is 3. The number of halogens is 3. The molecule has 6 nitrogen and oxygen atoms in total. The lowest BCUT2D eigenvalue weighted by Crippen LogP contribution is -2.39. The summed E-state index contributed by atoms with van der Waals surface area (Å²) in [7, 11) is 1.63. The zero-order chi connectivity index (χ0) is 18.8. The minimum atomic E-state index is -4.62. The quantitative estimate of drug-likeness (QED) is 0.743. The van der Waals surface area contributed by atoms with Crippen LogP contribution in [0.1, 0.15) is 29.8 Å². The molecule has 2 aromatic heterocycles. The maximum Gasteiger partial charge on any atom is 0.451 e. The number of rotatable bonds is 2. The van der Waals surface area contributed by atoms with E-state index in [2.05, 4.69) is 19.9 Å². The molecule has 0 atom stereocenters. The second-order valence-electron chi connectivity index (χ2n) is 7.13. The van der Waals surface area contributed by atoms with Crippen molar-refractivity contribution in [1.29, 1.82) is 0 Å². The summed E-state index contributed by atoms with van der Waals surface area (Å²) in [6.45, 7) is 1.08. The van der Waals surface area contributed by atoms with Crippen LogP contribution in [0.25, 0.3) is 11.2 Å². The number of hydrogen-bond donors (Lipinski definition) is 1. The number of nitrogens with one attached hydrogen (secondary N) is 1. The summed E-state index contributed by atoms with van der Waals surface area (Å²) in [6.07, 6.45) is -1.29. The lowest BCUT2D eigenvalue weighted by Gasteiger charge is -2.36. The second kappa shape index (κ2) is 5.34. The second-order valence-corrected chi connectivity index (χ2v) is 7.13. The smallest absolute Gasteiger partial charge is 0.451 e. The average molecular weight is 375 g/mol. The number of aromatic nitrogens is 4. The van der Waals surface area contributed by atoms with Crippen molar-refractivity contribution in [3.63, 3.8) is 0 Å². The van der Waals surface area contributed by atoms with Gasteiger partial charge in [-0.1, -0.05) is 6.07 Å². The highest BCUT2D eigenvalue weighted by Crippen LogP contribution is 2.53. The zero-order valence-electron chi connectivity index (χ0n) is 14.5. The Morgan fingerprint density at radius 1 is 1.22 bits per heavy atom. The Hall–Kier alpha value is -2.84. The highest BCUT2D eigenvalue weighted by Gasteiger charge is 2.50. The van der Waals surface area contributed by atoms with Gasteiger partial charge in [0.2, 0.25) is 5.82 Å². The molecular formula is C18H16F3N5O. The van der Waals surface area contributed by atoms with Gasteiger partial charge in [-0.15, -0.1) is 0 Å². The Labute approximate surface area is 152 Å². The van der Waals surface area contributed by atoms with E-state index in [9.17, 15) is 13.2 Å². The summed E-state index contributed by atoms with van der Waals surface area (Å²) in [5.74, 6) is -0.120. The summed E-state index contributed by atoms with van der Waals surface area (Å²) in [5, 5.41) is 0. The van der Waals surface area contributed by atoms with Crippen LogP contribution >= 0.6 is 0 Å². The number of hydrogen-bond acceptors (Lipinski definition) is 5. The zero-order valence-corrected chi connectivity index (χ0v) is 14.5. The standard InChI is InChI=1S/C18H16F3N5O/c1-27-11-3-2-10-7-26(8-17(4-5-17)12(10)6-11)15-13-14(23-9-22-13)24-16(25-15)18(19,20)21/h2-3,6,9H,4-5,7-8H2,1H3,(H,22,23,24,25). The summed E-state index contributed by atoms with van der Waals surface area (Å²) in [4.78, 5) is 16.1. The number of H-pyrrole nitrogens is 1. The molecule has 9 heteroatoms. The number of alkyl halides is 3. The summed E-state index contributed by atoms with van der Waals surface area (Å²) >= 11 is 0. The number of benzene rings is 1. The predicted molar refractivity (Wildman–Crippen MR) is 91.6 cm³/mol. The Morgan fingerprint density at radius 2 is 2.04 bits per heavy atom. The van der Waals surface area contributed by atoms with E-state index in [0.717, 1.165) is 24.2 Å². The molecule has 0 bridgehead atoms. The van der Waals surface area contributed by atoms with Gasteiger partial charge in [0, 0.05) is 18.5 Å². The summed E-state index contributed by atoms with van der Waals surface area (Å²) in [6, 6.07) is 5.91. The minimum absolute atomic E-state index is 0.0256.